The van der Waals surface area contributed by atoms with Crippen LogP contribution in [0.25, 0.3) is 0 Å². The standard InChI is InChI=1S/C31H34Cl3N3O4S/c1-3-28(31(39)35-25-9-5-6-10-25)36(19-22-12-13-24(33)18-27(22)34)30(38)20-37(29-11-7-4-8-21(29)2)42(40,41)26-16-14-23(32)15-17-26/h4,7-8,11-18,25,28H,3,5-6,9-10,19-20H2,1-2H3,(H,35,39). The van der Waals surface area contributed by atoms with Crippen molar-refractivity contribution in [1.82, 2.24) is 10.2 Å². The molecule has 224 valence electrons. The van der Waals surface area contributed by atoms with Crippen molar-refractivity contribution in [3.8, 4) is 0 Å². The van der Waals surface area contributed by atoms with E-state index in [9.17, 15) is 18.0 Å². The van der Waals surface area contributed by atoms with Crippen LogP contribution < -0.4 is 9.62 Å². The third kappa shape index (κ3) is 7.59. The first kappa shape index (κ1) is 32.1. The number of benzene rings is 3. The Labute approximate surface area is 262 Å². The molecule has 0 heterocycles. The van der Waals surface area contributed by atoms with E-state index in [2.05, 4.69) is 5.32 Å². The molecule has 42 heavy (non-hydrogen) atoms. The smallest absolute Gasteiger partial charge is 0.264 e. The fourth-order valence-corrected chi connectivity index (χ4v) is 7.28. The minimum atomic E-state index is -4.20. The van der Waals surface area contributed by atoms with Gasteiger partial charge in [0.15, 0.2) is 0 Å². The van der Waals surface area contributed by atoms with Crippen molar-refractivity contribution in [2.45, 2.75) is 69.5 Å². The predicted molar refractivity (Wildman–Crippen MR) is 169 cm³/mol. The van der Waals surface area contributed by atoms with E-state index < -0.39 is 28.5 Å². The topological polar surface area (TPSA) is 86.8 Å². The van der Waals surface area contributed by atoms with E-state index in [0.29, 0.717) is 38.3 Å². The van der Waals surface area contributed by atoms with Crippen LogP contribution in [-0.4, -0.2) is 43.8 Å². The number of hydrogen-bond acceptors (Lipinski definition) is 4. The van der Waals surface area contributed by atoms with Crippen molar-refractivity contribution in [1.29, 1.82) is 0 Å². The van der Waals surface area contributed by atoms with Gasteiger partial charge in [-0.05, 0) is 79.8 Å². The zero-order chi connectivity index (χ0) is 30.4. The van der Waals surface area contributed by atoms with E-state index in [0.717, 1.165) is 30.0 Å². The number of carbonyl (C=O) groups is 2. The average Bonchev–Trinajstić information content (AvgIpc) is 3.46. The van der Waals surface area contributed by atoms with Crippen LogP contribution in [0.1, 0.15) is 50.2 Å². The van der Waals surface area contributed by atoms with Gasteiger partial charge in [0.25, 0.3) is 10.0 Å². The first-order valence-corrected chi connectivity index (χ1v) is 16.5. The van der Waals surface area contributed by atoms with E-state index in [-0.39, 0.29) is 23.4 Å². The van der Waals surface area contributed by atoms with Gasteiger partial charge in [-0.1, -0.05) is 78.8 Å². The molecule has 1 aliphatic carbocycles. The molecule has 1 fully saturated rings. The van der Waals surface area contributed by atoms with Gasteiger partial charge in [-0.25, -0.2) is 8.42 Å². The quantitative estimate of drug-likeness (QED) is 0.242. The van der Waals surface area contributed by atoms with Gasteiger partial charge in [-0.15, -0.1) is 0 Å². The molecule has 1 saturated carbocycles. The maximum Gasteiger partial charge on any atom is 0.264 e. The van der Waals surface area contributed by atoms with Crippen molar-refractivity contribution in [3.05, 3.63) is 92.9 Å². The summed E-state index contributed by atoms with van der Waals surface area (Å²) in [4.78, 5) is 29.2. The van der Waals surface area contributed by atoms with Crippen LogP contribution in [0.4, 0.5) is 5.69 Å². The summed E-state index contributed by atoms with van der Waals surface area (Å²) in [7, 11) is -4.20. The minimum absolute atomic E-state index is 0.00592. The summed E-state index contributed by atoms with van der Waals surface area (Å²) in [5.41, 5.74) is 1.61. The highest BCUT2D eigenvalue weighted by molar-refractivity contribution is 7.92. The number of para-hydroxylation sites is 1. The molecular weight excluding hydrogens is 617 g/mol. The van der Waals surface area contributed by atoms with E-state index in [1.807, 2.05) is 6.92 Å². The zero-order valence-electron chi connectivity index (χ0n) is 23.5. The Bertz CT molecular complexity index is 1530. The number of aryl methyl sites for hydroxylation is 1. The highest BCUT2D eigenvalue weighted by Gasteiger charge is 2.35. The van der Waals surface area contributed by atoms with Crippen molar-refractivity contribution in [2.24, 2.45) is 0 Å². The third-order valence-electron chi connectivity index (χ3n) is 7.51. The van der Waals surface area contributed by atoms with Crippen molar-refractivity contribution in [2.75, 3.05) is 10.8 Å². The molecule has 1 unspecified atom stereocenters. The molecule has 3 aromatic rings. The van der Waals surface area contributed by atoms with Gasteiger partial charge in [-0.3, -0.25) is 13.9 Å². The number of amides is 2. The van der Waals surface area contributed by atoms with Crippen molar-refractivity contribution < 1.29 is 18.0 Å². The SMILES string of the molecule is CCC(C(=O)NC1CCCC1)N(Cc1ccc(Cl)cc1Cl)C(=O)CN(c1ccccc1C)S(=O)(=O)c1ccc(Cl)cc1. The van der Waals surface area contributed by atoms with Crippen LogP contribution in [0.15, 0.2) is 71.6 Å². The van der Waals surface area contributed by atoms with Crippen molar-refractivity contribution in [3.63, 3.8) is 0 Å². The Kier molecular flexibility index (Phi) is 10.8. The van der Waals surface area contributed by atoms with Crippen molar-refractivity contribution >= 4 is 62.3 Å². The van der Waals surface area contributed by atoms with Gasteiger partial charge < -0.3 is 10.2 Å². The van der Waals surface area contributed by atoms with Gasteiger partial charge in [0, 0.05) is 27.7 Å². The molecule has 2 amide bonds. The number of nitrogens with zero attached hydrogens (tertiary/aromatic N) is 2. The second kappa shape index (κ2) is 14.1. The Hall–Kier alpha value is -2.78. The second-order valence-corrected chi connectivity index (χ2v) is 13.6. The molecule has 7 nitrogen and oxygen atoms in total. The maximum atomic E-state index is 14.2. The minimum Gasteiger partial charge on any atom is -0.352 e. The fourth-order valence-electron chi connectivity index (χ4n) is 5.21. The van der Waals surface area contributed by atoms with Gasteiger partial charge >= 0.3 is 0 Å². The predicted octanol–water partition coefficient (Wildman–Crippen LogP) is 7.02. The lowest BCUT2D eigenvalue weighted by atomic mass is 10.1. The van der Waals surface area contributed by atoms with Crippen LogP contribution in [0.3, 0.4) is 0 Å². The molecule has 3 aromatic carbocycles. The van der Waals surface area contributed by atoms with Crippen LogP contribution in [0.2, 0.25) is 15.1 Å². The molecule has 0 bridgehead atoms. The summed E-state index contributed by atoms with van der Waals surface area (Å²) in [5.74, 6) is -0.818. The van der Waals surface area contributed by atoms with Gasteiger partial charge in [0.05, 0.1) is 10.6 Å². The summed E-state index contributed by atoms with van der Waals surface area (Å²) in [5, 5.41) is 4.27. The molecule has 1 N–H and O–H groups in total. The van der Waals surface area contributed by atoms with Crippen LogP contribution in [-0.2, 0) is 26.2 Å². The Balaban J connectivity index is 1.74. The molecule has 0 radical (unpaired) electrons. The number of carbonyl (C=O) groups excluding carboxylic acids is 2. The molecule has 1 atom stereocenters. The number of anilines is 1. The lowest BCUT2D eigenvalue weighted by Gasteiger charge is -2.34. The van der Waals surface area contributed by atoms with Crippen LogP contribution >= 0.6 is 34.8 Å². The van der Waals surface area contributed by atoms with Crippen LogP contribution in [0.5, 0.6) is 0 Å². The van der Waals surface area contributed by atoms with Gasteiger partial charge in [0.1, 0.15) is 12.6 Å². The first-order chi connectivity index (χ1) is 20.0. The average molecular weight is 651 g/mol. The summed E-state index contributed by atoms with van der Waals surface area (Å²) in [6.07, 6.45) is 4.18. The largest absolute Gasteiger partial charge is 0.352 e. The first-order valence-electron chi connectivity index (χ1n) is 13.9. The van der Waals surface area contributed by atoms with Gasteiger partial charge in [0.2, 0.25) is 11.8 Å². The summed E-state index contributed by atoms with van der Waals surface area (Å²) < 4.78 is 29.1. The Morgan fingerprint density at radius 3 is 2.21 bits per heavy atom. The molecule has 4 rings (SSSR count). The van der Waals surface area contributed by atoms with Crippen LogP contribution in [0, 0.1) is 6.92 Å². The Morgan fingerprint density at radius 2 is 1.60 bits per heavy atom. The lowest BCUT2D eigenvalue weighted by molar-refractivity contribution is -0.140. The number of rotatable bonds is 11. The fraction of sp³-hybridized carbons (Fsp3) is 0.355. The lowest BCUT2D eigenvalue weighted by Crippen LogP contribution is -2.53. The third-order valence-corrected chi connectivity index (χ3v) is 10.1. The molecule has 1 aliphatic rings. The summed E-state index contributed by atoms with van der Waals surface area (Å²) in [6, 6.07) is 16.9. The van der Waals surface area contributed by atoms with Gasteiger partial charge in [-0.2, -0.15) is 0 Å². The normalized spacial score (nSPS) is 14.4. The molecule has 0 aromatic heterocycles. The highest BCUT2D eigenvalue weighted by Crippen LogP contribution is 2.29. The number of nitrogens with one attached hydrogen (secondary N) is 1. The summed E-state index contributed by atoms with van der Waals surface area (Å²) in [6.45, 7) is 3.06. The Morgan fingerprint density at radius 1 is 0.952 bits per heavy atom. The second-order valence-electron chi connectivity index (χ2n) is 10.4. The van der Waals surface area contributed by atoms with E-state index in [4.69, 9.17) is 34.8 Å². The zero-order valence-corrected chi connectivity index (χ0v) is 26.6. The molecule has 0 saturated heterocycles. The maximum absolute atomic E-state index is 14.2. The van der Waals surface area contributed by atoms with E-state index in [1.165, 1.54) is 29.2 Å². The molecule has 11 heteroatoms. The monoisotopic (exact) mass is 649 g/mol. The summed E-state index contributed by atoms with van der Waals surface area (Å²) >= 11 is 18.6. The number of halogens is 3. The molecular formula is C31H34Cl3N3O4S. The molecule has 0 aliphatic heterocycles. The highest BCUT2D eigenvalue weighted by atomic mass is 35.5. The number of sulfonamides is 1. The van der Waals surface area contributed by atoms with E-state index >= 15 is 0 Å². The molecule has 0 spiro atoms. The van der Waals surface area contributed by atoms with E-state index in [1.54, 1.807) is 49.4 Å². The number of hydrogen-bond donors (Lipinski definition) is 1.